The molecule has 14 heavy (non-hydrogen) atoms. The molecular weight excluding hydrogens is 204 g/mol. The third kappa shape index (κ3) is 0.960. The van der Waals surface area contributed by atoms with Gasteiger partial charge in [0.25, 0.3) is 0 Å². The van der Waals surface area contributed by atoms with Gasteiger partial charge in [0.2, 0.25) is 5.28 Å². The largest absolute Gasteiger partial charge is 0.364 e. The number of hydrogen-bond donors (Lipinski definition) is 1. The van der Waals surface area contributed by atoms with Gasteiger partial charge in [0, 0.05) is 6.20 Å². The first-order valence-electron chi connectivity index (χ1n) is 4.60. The molecule has 0 saturated heterocycles. The number of hydrogen-bond acceptors (Lipinski definition) is 4. The first-order valence-corrected chi connectivity index (χ1v) is 4.98. The van der Waals surface area contributed by atoms with Gasteiger partial charge in [0.15, 0.2) is 6.29 Å². The summed E-state index contributed by atoms with van der Waals surface area (Å²) >= 11 is 5.72. The van der Waals surface area contributed by atoms with Crippen LogP contribution in [0.25, 0.3) is 0 Å². The number of aliphatic hydroxyl groups is 1. The van der Waals surface area contributed by atoms with Crippen molar-refractivity contribution in [1.29, 1.82) is 0 Å². The zero-order valence-corrected chi connectivity index (χ0v) is 8.16. The first kappa shape index (κ1) is 8.59. The highest BCUT2D eigenvalue weighted by molar-refractivity contribution is 6.28. The van der Waals surface area contributed by atoms with Crippen molar-refractivity contribution in [3.05, 3.63) is 22.7 Å². The summed E-state index contributed by atoms with van der Waals surface area (Å²) < 4.78 is 5.50. The Morgan fingerprint density at radius 3 is 3.00 bits per heavy atom. The molecule has 1 aromatic heterocycles. The molecule has 1 unspecified atom stereocenters. The molecule has 1 atom stereocenters. The lowest BCUT2D eigenvalue weighted by Crippen LogP contribution is -2.34. The van der Waals surface area contributed by atoms with Crippen LogP contribution in [0.2, 0.25) is 5.28 Å². The van der Waals surface area contributed by atoms with Crippen molar-refractivity contribution >= 4 is 11.6 Å². The molecule has 5 heteroatoms. The quantitative estimate of drug-likeness (QED) is 0.663. The topological polar surface area (TPSA) is 55.2 Å². The number of nitrogens with zero attached hydrogens (tertiary/aromatic N) is 2. The highest BCUT2D eigenvalue weighted by Gasteiger charge is 2.50. The van der Waals surface area contributed by atoms with E-state index in [1.54, 1.807) is 6.20 Å². The molecule has 4 nitrogen and oxygen atoms in total. The summed E-state index contributed by atoms with van der Waals surface area (Å²) in [6.45, 7) is 0. The second-order valence-corrected chi connectivity index (χ2v) is 4.10. The highest BCUT2D eigenvalue weighted by atomic mass is 35.5. The molecule has 1 fully saturated rings. The van der Waals surface area contributed by atoms with Crippen molar-refractivity contribution in [1.82, 2.24) is 9.97 Å². The summed E-state index contributed by atoms with van der Waals surface area (Å²) in [5.41, 5.74) is 1.06. The fourth-order valence-electron chi connectivity index (χ4n) is 2.10. The molecule has 0 radical (unpaired) electrons. The summed E-state index contributed by atoms with van der Waals surface area (Å²) in [6, 6.07) is 0. The van der Waals surface area contributed by atoms with Crippen LogP contribution in [0, 0.1) is 0 Å². The molecule has 2 heterocycles. The average molecular weight is 213 g/mol. The number of rotatable bonds is 0. The molecule has 74 valence electrons. The molecule has 0 amide bonds. The molecule has 3 rings (SSSR count). The summed E-state index contributed by atoms with van der Waals surface area (Å²) in [6.07, 6.45) is 3.58. The molecular formula is C9H9ClN2O2. The Morgan fingerprint density at radius 2 is 2.36 bits per heavy atom. The van der Waals surface area contributed by atoms with E-state index >= 15 is 0 Å². The van der Waals surface area contributed by atoms with Gasteiger partial charge in [-0.25, -0.2) is 9.97 Å². The zero-order chi connectivity index (χ0) is 9.76. The number of aliphatic hydroxyl groups excluding tert-OH is 1. The van der Waals surface area contributed by atoms with Gasteiger partial charge in [-0.2, -0.15) is 0 Å². The van der Waals surface area contributed by atoms with E-state index in [-0.39, 0.29) is 10.9 Å². The molecule has 1 aliphatic carbocycles. The van der Waals surface area contributed by atoms with E-state index in [1.807, 2.05) is 0 Å². The highest BCUT2D eigenvalue weighted by Crippen LogP contribution is 2.52. The van der Waals surface area contributed by atoms with Crippen LogP contribution < -0.4 is 0 Å². The van der Waals surface area contributed by atoms with Crippen molar-refractivity contribution in [2.75, 3.05) is 0 Å². The monoisotopic (exact) mass is 212 g/mol. The third-order valence-corrected chi connectivity index (χ3v) is 3.17. The number of ether oxygens (including phenoxy) is 1. The van der Waals surface area contributed by atoms with Crippen LogP contribution in [0.15, 0.2) is 6.20 Å². The number of halogens is 1. The van der Waals surface area contributed by atoms with Gasteiger partial charge in [0.1, 0.15) is 5.60 Å². The minimum atomic E-state index is -0.887. The number of aromatic nitrogens is 2. The minimum absolute atomic E-state index is 0.215. The Hall–Kier alpha value is -0.710. The Bertz CT molecular complexity index is 392. The van der Waals surface area contributed by atoms with Crippen molar-refractivity contribution in [3.8, 4) is 0 Å². The first-order chi connectivity index (χ1) is 6.71. The molecule has 2 aliphatic rings. The molecule has 1 saturated carbocycles. The van der Waals surface area contributed by atoms with Crippen LogP contribution in [0.1, 0.15) is 36.8 Å². The van der Waals surface area contributed by atoms with Gasteiger partial charge in [0.05, 0.1) is 11.3 Å². The smallest absolute Gasteiger partial charge is 0.222 e. The molecule has 0 aromatic carbocycles. The van der Waals surface area contributed by atoms with Crippen LogP contribution in [0.3, 0.4) is 0 Å². The summed E-state index contributed by atoms with van der Waals surface area (Å²) in [7, 11) is 0. The second-order valence-electron chi connectivity index (χ2n) is 3.76. The molecule has 1 aromatic rings. The van der Waals surface area contributed by atoms with E-state index in [1.165, 1.54) is 0 Å². The Balaban J connectivity index is 2.16. The van der Waals surface area contributed by atoms with E-state index < -0.39 is 6.29 Å². The van der Waals surface area contributed by atoms with Crippen molar-refractivity contribution < 1.29 is 9.84 Å². The van der Waals surface area contributed by atoms with E-state index in [0.29, 0.717) is 5.56 Å². The van der Waals surface area contributed by atoms with Crippen molar-refractivity contribution in [2.45, 2.75) is 31.2 Å². The predicted octanol–water partition coefficient (Wildman–Crippen LogP) is 1.53. The molecule has 0 bridgehead atoms. The maximum absolute atomic E-state index is 9.63. The van der Waals surface area contributed by atoms with E-state index in [0.717, 1.165) is 25.0 Å². The maximum atomic E-state index is 9.63. The Kier molecular flexibility index (Phi) is 1.63. The maximum Gasteiger partial charge on any atom is 0.222 e. The lowest BCUT2D eigenvalue weighted by atomic mass is 9.77. The van der Waals surface area contributed by atoms with Crippen LogP contribution in [-0.4, -0.2) is 15.1 Å². The van der Waals surface area contributed by atoms with E-state index in [9.17, 15) is 5.11 Å². The number of fused-ring (bicyclic) bond motifs is 2. The fourth-order valence-corrected chi connectivity index (χ4v) is 2.23. The minimum Gasteiger partial charge on any atom is -0.364 e. The van der Waals surface area contributed by atoms with E-state index in [4.69, 9.17) is 16.3 Å². The van der Waals surface area contributed by atoms with Gasteiger partial charge in [-0.05, 0) is 30.9 Å². The van der Waals surface area contributed by atoms with Crippen LogP contribution in [0.4, 0.5) is 0 Å². The van der Waals surface area contributed by atoms with E-state index in [2.05, 4.69) is 9.97 Å². The van der Waals surface area contributed by atoms with Crippen LogP contribution in [0.5, 0.6) is 0 Å². The van der Waals surface area contributed by atoms with Crippen molar-refractivity contribution in [3.63, 3.8) is 0 Å². The predicted molar refractivity (Wildman–Crippen MR) is 48.6 cm³/mol. The van der Waals surface area contributed by atoms with Crippen LogP contribution in [-0.2, 0) is 10.3 Å². The van der Waals surface area contributed by atoms with Gasteiger partial charge in [-0.1, -0.05) is 0 Å². The van der Waals surface area contributed by atoms with Crippen molar-refractivity contribution in [2.24, 2.45) is 0 Å². The SMILES string of the molecule is OC1OC2(CCC2)c2nc(Cl)ncc21. The average Bonchev–Trinajstić information content (AvgIpc) is 2.38. The van der Waals surface area contributed by atoms with Crippen LogP contribution >= 0.6 is 11.6 Å². The fraction of sp³-hybridized carbons (Fsp3) is 0.556. The summed E-state index contributed by atoms with van der Waals surface area (Å²) in [4.78, 5) is 7.99. The van der Waals surface area contributed by atoms with Gasteiger partial charge in [-0.15, -0.1) is 0 Å². The van der Waals surface area contributed by atoms with Gasteiger partial charge < -0.3 is 9.84 Å². The molecule has 1 aliphatic heterocycles. The Morgan fingerprint density at radius 1 is 1.57 bits per heavy atom. The summed E-state index contributed by atoms with van der Waals surface area (Å²) in [5, 5.41) is 9.84. The second kappa shape index (κ2) is 2.66. The normalized spacial score (nSPS) is 27.4. The standard InChI is InChI=1S/C9H9ClN2O2/c10-8-11-4-5-6(12-8)9(2-1-3-9)14-7(5)13/h4,7,13H,1-3H2. The van der Waals surface area contributed by atoms with Gasteiger partial charge in [-0.3, -0.25) is 0 Å². The molecule has 1 spiro atoms. The lowest BCUT2D eigenvalue weighted by Gasteiger charge is -2.37. The third-order valence-electron chi connectivity index (χ3n) is 2.98. The van der Waals surface area contributed by atoms with Gasteiger partial charge >= 0.3 is 0 Å². The molecule has 1 N–H and O–H groups in total. The Labute approximate surface area is 85.9 Å². The zero-order valence-electron chi connectivity index (χ0n) is 7.40. The lowest BCUT2D eigenvalue weighted by molar-refractivity contribution is -0.202. The summed E-state index contributed by atoms with van der Waals surface area (Å²) in [5.74, 6) is 0.